The van der Waals surface area contributed by atoms with E-state index in [1.807, 2.05) is 11.8 Å². The molecule has 0 saturated carbocycles. The fourth-order valence-corrected chi connectivity index (χ4v) is 5.08. The van der Waals surface area contributed by atoms with Crippen LogP contribution in [0, 0.1) is 5.41 Å². The highest BCUT2D eigenvalue weighted by Gasteiger charge is 2.39. The van der Waals surface area contributed by atoms with E-state index < -0.39 is 0 Å². The Morgan fingerprint density at radius 3 is 2.41 bits per heavy atom. The van der Waals surface area contributed by atoms with E-state index in [0.717, 1.165) is 25.1 Å². The lowest BCUT2D eigenvalue weighted by molar-refractivity contribution is -0.136. The van der Waals surface area contributed by atoms with Crippen LogP contribution < -0.4 is 10.6 Å². The normalized spacial score (nSPS) is 17.3. The zero-order chi connectivity index (χ0) is 25.5. The lowest BCUT2D eigenvalue weighted by Crippen LogP contribution is -2.56. The molecule has 2 N–H and O–H groups in total. The average Bonchev–Trinajstić information content (AvgIpc) is 3.25. The van der Waals surface area contributed by atoms with Crippen molar-refractivity contribution < 1.29 is 4.79 Å². The van der Waals surface area contributed by atoms with Crippen LogP contribution >= 0.6 is 11.8 Å². The first kappa shape index (κ1) is 28.3. The van der Waals surface area contributed by atoms with E-state index in [1.165, 1.54) is 21.6 Å². The van der Waals surface area contributed by atoms with Gasteiger partial charge in [0.05, 0.1) is 12.1 Å². The molecule has 1 aromatic carbocycles. The van der Waals surface area contributed by atoms with Crippen LogP contribution in [0.4, 0.5) is 0 Å². The van der Waals surface area contributed by atoms with E-state index in [-0.39, 0.29) is 29.4 Å². The van der Waals surface area contributed by atoms with Gasteiger partial charge in [-0.05, 0) is 55.6 Å². The number of hydrogen-bond donors (Lipinski definition) is 2. The van der Waals surface area contributed by atoms with Gasteiger partial charge < -0.3 is 15.5 Å². The smallest absolute Gasteiger partial charge is 0.240 e. The Kier molecular flexibility index (Phi) is 10.5. The molecule has 0 bridgehead atoms. The summed E-state index contributed by atoms with van der Waals surface area (Å²) in [5, 5.41) is 9.13. The highest BCUT2D eigenvalue weighted by molar-refractivity contribution is 8.10. The number of nitrogens with one attached hydrogen (secondary N) is 2. The number of rotatable bonds is 10. The third-order valence-electron chi connectivity index (χ3n) is 6.06. The maximum atomic E-state index is 13.5. The van der Waals surface area contributed by atoms with Crippen LogP contribution in [0.1, 0.15) is 79.4 Å². The first-order chi connectivity index (χ1) is 16.0. The molecule has 4 nitrogen and oxygen atoms in total. The molecule has 0 aromatic heterocycles. The van der Waals surface area contributed by atoms with Gasteiger partial charge in [0.15, 0.2) is 0 Å². The summed E-state index contributed by atoms with van der Waals surface area (Å²) in [6.07, 6.45) is 4.04. The molecule has 1 aliphatic rings. The summed E-state index contributed by atoms with van der Waals surface area (Å²) in [7, 11) is 0. The van der Waals surface area contributed by atoms with E-state index >= 15 is 0 Å². The third-order valence-corrected chi connectivity index (χ3v) is 7.35. The predicted octanol–water partition coefficient (Wildman–Crippen LogP) is 6.71. The SMILES string of the molecule is C=C(NCc1ccc(C(S/C=C\C)=C(C)C)cc1)C1CCCN1C(=O)C(NC(C)C)C(C)(C)C. The Balaban J connectivity index is 2.05. The standard InChI is InChI=1S/C29H45N3OS/c1-10-18-34-26(20(2)3)24-15-13-23(14-16-24)19-30-22(6)25-12-11-17-32(25)28(33)27(29(7,8)9)31-21(4)5/h10,13-16,18,21,25,27,30-31H,6,11-12,17,19H2,1-5,7-9H3/b18-10-. The Morgan fingerprint density at radius 2 is 1.88 bits per heavy atom. The number of hydrogen-bond acceptors (Lipinski definition) is 4. The molecule has 1 amide bonds. The number of nitrogens with zero attached hydrogens (tertiary/aromatic N) is 1. The van der Waals surface area contributed by atoms with Gasteiger partial charge in [-0.3, -0.25) is 4.79 Å². The minimum atomic E-state index is -0.210. The molecular weight excluding hydrogens is 438 g/mol. The van der Waals surface area contributed by atoms with Gasteiger partial charge in [-0.25, -0.2) is 0 Å². The molecule has 1 saturated heterocycles. The molecule has 0 spiro atoms. The van der Waals surface area contributed by atoms with Crippen molar-refractivity contribution in [1.29, 1.82) is 0 Å². The minimum Gasteiger partial charge on any atom is -0.383 e. The molecule has 1 fully saturated rings. The molecule has 5 heteroatoms. The number of carbonyl (C=O) groups excluding carboxylic acids is 1. The second-order valence-corrected chi connectivity index (χ2v) is 11.7. The molecule has 0 aliphatic carbocycles. The van der Waals surface area contributed by atoms with Gasteiger partial charge in [-0.2, -0.15) is 0 Å². The Hall–Kier alpha value is -1.98. The summed E-state index contributed by atoms with van der Waals surface area (Å²) in [6, 6.07) is 8.81. The van der Waals surface area contributed by atoms with Gasteiger partial charge in [-0.15, -0.1) is 0 Å². The Labute approximate surface area is 212 Å². The Morgan fingerprint density at radius 1 is 1.24 bits per heavy atom. The maximum absolute atomic E-state index is 13.5. The molecule has 2 unspecified atom stereocenters. The van der Waals surface area contributed by atoms with Crippen molar-refractivity contribution in [3.8, 4) is 0 Å². The fraction of sp³-hybridized carbons (Fsp3) is 0.552. The van der Waals surface area contributed by atoms with Gasteiger partial charge in [-0.1, -0.05) is 88.9 Å². The first-order valence-electron chi connectivity index (χ1n) is 12.5. The highest BCUT2D eigenvalue weighted by Crippen LogP contribution is 2.32. The van der Waals surface area contributed by atoms with Gasteiger partial charge in [0, 0.05) is 29.7 Å². The van der Waals surface area contributed by atoms with Crippen LogP contribution in [0.15, 0.2) is 53.6 Å². The van der Waals surface area contributed by atoms with Crippen molar-refractivity contribution in [3.05, 3.63) is 64.7 Å². The number of likely N-dealkylation sites (tertiary alicyclic amines) is 1. The first-order valence-corrected chi connectivity index (χ1v) is 13.4. The van der Waals surface area contributed by atoms with Crippen molar-refractivity contribution >= 4 is 22.6 Å². The molecule has 1 heterocycles. The molecule has 188 valence electrons. The number of amides is 1. The molecule has 0 radical (unpaired) electrons. The second kappa shape index (κ2) is 12.6. The molecular formula is C29H45N3OS. The topological polar surface area (TPSA) is 44.4 Å². The summed E-state index contributed by atoms with van der Waals surface area (Å²) in [6.45, 7) is 22.8. The second-order valence-electron chi connectivity index (χ2n) is 10.8. The third kappa shape index (κ3) is 7.78. The van der Waals surface area contributed by atoms with E-state index in [2.05, 4.69) is 101 Å². The summed E-state index contributed by atoms with van der Waals surface area (Å²) >= 11 is 1.76. The van der Waals surface area contributed by atoms with E-state index in [1.54, 1.807) is 11.8 Å². The molecule has 1 aliphatic heterocycles. The van der Waals surface area contributed by atoms with E-state index in [4.69, 9.17) is 0 Å². The zero-order valence-corrected chi connectivity index (χ0v) is 23.3. The van der Waals surface area contributed by atoms with E-state index in [9.17, 15) is 4.79 Å². The average molecular weight is 484 g/mol. The van der Waals surface area contributed by atoms with Crippen molar-refractivity contribution in [3.63, 3.8) is 0 Å². The van der Waals surface area contributed by atoms with Crippen molar-refractivity contribution in [1.82, 2.24) is 15.5 Å². The molecule has 2 atom stereocenters. The number of allylic oxidation sites excluding steroid dienone is 2. The largest absolute Gasteiger partial charge is 0.383 e. The van der Waals surface area contributed by atoms with Gasteiger partial charge >= 0.3 is 0 Å². The summed E-state index contributed by atoms with van der Waals surface area (Å²) in [5.74, 6) is 0.184. The quantitative estimate of drug-likeness (QED) is 0.388. The van der Waals surface area contributed by atoms with E-state index in [0.29, 0.717) is 6.54 Å². The van der Waals surface area contributed by atoms with Crippen LogP contribution in [-0.4, -0.2) is 35.5 Å². The van der Waals surface area contributed by atoms with Crippen LogP contribution in [-0.2, 0) is 11.3 Å². The van der Waals surface area contributed by atoms with Crippen LogP contribution in [0.2, 0.25) is 0 Å². The van der Waals surface area contributed by atoms with Gasteiger partial charge in [0.2, 0.25) is 5.91 Å². The fourth-order valence-electron chi connectivity index (χ4n) is 4.30. The van der Waals surface area contributed by atoms with Gasteiger partial charge in [0.1, 0.15) is 0 Å². The number of benzene rings is 1. The summed E-state index contributed by atoms with van der Waals surface area (Å²) < 4.78 is 0. The maximum Gasteiger partial charge on any atom is 0.240 e. The van der Waals surface area contributed by atoms with Crippen LogP contribution in [0.5, 0.6) is 0 Å². The van der Waals surface area contributed by atoms with Crippen LogP contribution in [0.3, 0.4) is 0 Å². The number of thioether (sulfide) groups is 1. The predicted molar refractivity (Wildman–Crippen MR) is 149 cm³/mol. The molecule has 34 heavy (non-hydrogen) atoms. The van der Waals surface area contributed by atoms with Gasteiger partial charge in [0.25, 0.3) is 0 Å². The van der Waals surface area contributed by atoms with Crippen molar-refractivity contribution in [2.75, 3.05) is 6.54 Å². The lowest BCUT2D eigenvalue weighted by atomic mass is 9.85. The van der Waals surface area contributed by atoms with Crippen molar-refractivity contribution in [2.45, 2.75) is 92.9 Å². The summed E-state index contributed by atoms with van der Waals surface area (Å²) in [5.41, 5.74) is 4.54. The zero-order valence-electron chi connectivity index (χ0n) is 22.5. The molecule has 1 aromatic rings. The summed E-state index contributed by atoms with van der Waals surface area (Å²) in [4.78, 5) is 16.9. The monoisotopic (exact) mass is 483 g/mol. The van der Waals surface area contributed by atoms with Crippen molar-refractivity contribution in [2.24, 2.45) is 5.41 Å². The van der Waals surface area contributed by atoms with Crippen LogP contribution in [0.25, 0.3) is 4.91 Å². The Bertz CT molecular complexity index is 889. The molecule has 2 rings (SSSR count). The minimum absolute atomic E-state index is 0.0418. The highest BCUT2D eigenvalue weighted by atomic mass is 32.2. The lowest BCUT2D eigenvalue weighted by Gasteiger charge is -2.37. The number of carbonyl (C=O) groups is 1.